The number of pyridine rings is 1. The van der Waals surface area contributed by atoms with Crippen molar-refractivity contribution in [2.24, 2.45) is 0 Å². The van der Waals surface area contributed by atoms with Crippen molar-refractivity contribution in [2.75, 3.05) is 0 Å². The Balaban J connectivity index is 2.34. The normalized spacial score (nSPS) is 10.3. The van der Waals surface area contributed by atoms with Gasteiger partial charge in [0, 0.05) is 11.8 Å². The molecule has 19 heavy (non-hydrogen) atoms. The molecule has 2 aromatic rings. The molecule has 0 amide bonds. The van der Waals surface area contributed by atoms with E-state index in [1.165, 1.54) is 6.20 Å². The zero-order valence-electron chi connectivity index (χ0n) is 11.1. The highest BCUT2D eigenvalue weighted by Gasteiger charge is 2.10. The molecule has 0 radical (unpaired) electrons. The van der Waals surface area contributed by atoms with Gasteiger partial charge < -0.3 is 9.84 Å². The molecule has 98 valence electrons. The molecule has 0 aliphatic rings. The number of carbonyl (C=O) groups is 1. The molecule has 0 saturated carbocycles. The summed E-state index contributed by atoms with van der Waals surface area (Å²) in [7, 11) is 0. The molecule has 0 fully saturated rings. The minimum atomic E-state index is -0.992. The highest BCUT2D eigenvalue weighted by Crippen LogP contribution is 2.27. The number of ether oxygens (including phenoxy) is 1. The summed E-state index contributed by atoms with van der Waals surface area (Å²) in [6.45, 7) is 5.77. The van der Waals surface area contributed by atoms with Gasteiger partial charge in [-0.3, -0.25) is 0 Å². The van der Waals surface area contributed by atoms with Crippen molar-refractivity contribution in [1.82, 2.24) is 4.98 Å². The molecule has 1 aromatic carbocycles. The summed E-state index contributed by atoms with van der Waals surface area (Å²) >= 11 is 0. The standard InChI is InChI=1S/C15H15NO3/c1-9-5-4-6-13(11(9)3)19-14-10(2)7-12(8-16-14)15(17)18/h4-8H,1-3H3,(H,17,18). The predicted octanol–water partition coefficient (Wildman–Crippen LogP) is 3.50. The summed E-state index contributed by atoms with van der Waals surface area (Å²) in [6.07, 6.45) is 1.30. The number of aromatic nitrogens is 1. The molecule has 0 atom stereocenters. The van der Waals surface area contributed by atoms with E-state index in [1.807, 2.05) is 32.0 Å². The molecule has 1 heterocycles. The molecule has 0 aliphatic carbocycles. The topological polar surface area (TPSA) is 59.4 Å². The number of carboxylic acids is 1. The molecule has 4 heteroatoms. The number of aryl methyl sites for hydroxylation is 2. The predicted molar refractivity (Wildman–Crippen MR) is 71.9 cm³/mol. The van der Waals surface area contributed by atoms with Crippen LogP contribution in [-0.2, 0) is 0 Å². The smallest absolute Gasteiger partial charge is 0.337 e. The fourth-order valence-corrected chi connectivity index (χ4v) is 1.72. The number of aromatic carboxylic acids is 1. The lowest BCUT2D eigenvalue weighted by Crippen LogP contribution is -2.00. The maximum Gasteiger partial charge on any atom is 0.337 e. The maximum absolute atomic E-state index is 10.8. The first-order valence-electron chi connectivity index (χ1n) is 5.93. The third-order valence-corrected chi connectivity index (χ3v) is 3.04. The van der Waals surface area contributed by atoms with Crippen LogP contribution < -0.4 is 4.74 Å². The Morgan fingerprint density at radius 2 is 1.95 bits per heavy atom. The first-order chi connectivity index (χ1) is 8.99. The highest BCUT2D eigenvalue weighted by molar-refractivity contribution is 5.87. The van der Waals surface area contributed by atoms with Crippen LogP contribution >= 0.6 is 0 Å². The van der Waals surface area contributed by atoms with Crippen LogP contribution in [0.2, 0.25) is 0 Å². The highest BCUT2D eigenvalue weighted by atomic mass is 16.5. The fraction of sp³-hybridized carbons (Fsp3) is 0.200. The molecule has 0 spiro atoms. The summed E-state index contributed by atoms with van der Waals surface area (Å²) in [4.78, 5) is 14.9. The van der Waals surface area contributed by atoms with Gasteiger partial charge in [0.15, 0.2) is 0 Å². The lowest BCUT2D eigenvalue weighted by atomic mass is 10.1. The van der Waals surface area contributed by atoms with Gasteiger partial charge in [0.25, 0.3) is 0 Å². The molecule has 0 aliphatic heterocycles. The van der Waals surface area contributed by atoms with Gasteiger partial charge in [-0.15, -0.1) is 0 Å². The van der Waals surface area contributed by atoms with Crippen LogP contribution in [0.4, 0.5) is 0 Å². The second-order valence-corrected chi connectivity index (χ2v) is 4.45. The van der Waals surface area contributed by atoms with Crippen molar-refractivity contribution in [3.05, 3.63) is 52.7 Å². The Morgan fingerprint density at radius 1 is 1.21 bits per heavy atom. The number of hydrogen-bond acceptors (Lipinski definition) is 3. The second kappa shape index (κ2) is 5.10. The number of rotatable bonds is 3. The van der Waals surface area contributed by atoms with Gasteiger partial charge in [0.2, 0.25) is 5.88 Å². The van der Waals surface area contributed by atoms with Crippen LogP contribution in [0.3, 0.4) is 0 Å². The van der Waals surface area contributed by atoms with E-state index in [-0.39, 0.29) is 5.56 Å². The number of nitrogens with zero attached hydrogens (tertiary/aromatic N) is 1. The monoisotopic (exact) mass is 257 g/mol. The molecular weight excluding hydrogens is 242 g/mol. The molecular formula is C15H15NO3. The van der Waals surface area contributed by atoms with E-state index < -0.39 is 5.97 Å². The van der Waals surface area contributed by atoms with Crippen LogP contribution in [0.1, 0.15) is 27.0 Å². The Bertz CT molecular complexity index is 635. The summed E-state index contributed by atoms with van der Waals surface area (Å²) in [5.41, 5.74) is 3.04. The average molecular weight is 257 g/mol. The molecule has 2 rings (SSSR count). The Kier molecular flexibility index (Phi) is 3.51. The quantitative estimate of drug-likeness (QED) is 0.914. The van der Waals surface area contributed by atoms with Crippen LogP contribution in [0.25, 0.3) is 0 Å². The Hall–Kier alpha value is -2.36. The third-order valence-electron chi connectivity index (χ3n) is 3.04. The summed E-state index contributed by atoms with van der Waals surface area (Å²) in [6, 6.07) is 7.35. The van der Waals surface area contributed by atoms with Gasteiger partial charge in [0.1, 0.15) is 5.75 Å². The van der Waals surface area contributed by atoms with Gasteiger partial charge in [-0.05, 0) is 44.0 Å². The third kappa shape index (κ3) is 2.73. The zero-order valence-corrected chi connectivity index (χ0v) is 11.1. The number of carboxylic acid groups (broad SMARTS) is 1. The van der Waals surface area contributed by atoms with Gasteiger partial charge >= 0.3 is 5.97 Å². The van der Waals surface area contributed by atoms with E-state index in [1.54, 1.807) is 13.0 Å². The number of benzene rings is 1. The molecule has 1 aromatic heterocycles. The van der Waals surface area contributed by atoms with Crippen LogP contribution in [-0.4, -0.2) is 16.1 Å². The first-order valence-corrected chi connectivity index (χ1v) is 5.93. The molecule has 4 nitrogen and oxygen atoms in total. The molecule has 0 saturated heterocycles. The summed E-state index contributed by atoms with van der Waals surface area (Å²) in [5.74, 6) is 0.172. The van der Waals surface area contributed by atoms with E-state index >= 15 is 0 Å². The van der Waals surface area contributed by atoms with Crippen molar-refractivity contribution < 1.29 is 14.6 Å². The van der Waals surface area contributed by atoms with E-state index in [4.69, 9.17) is 9.84 Å². The van der Waals surface area contributed by atoms with Gasteiger partial charge in [-0.2, -0.15) is 0 Å². The Morgan fingerprint density at radius 3 is 2.58 bits per heavy atom. The molecule has 0 unspecified atom stereocenters. The van der Waals surface area contributed by atoms with E-state index in [0.29, 0.717) is 11.4 Å². The molecule has 1 N–H and O–H groups in total. The zero-order chi connectivity index (χ0) is 14.0. The molecule has 0 bridgehead atoms. The van der Waals surface area contributed by atoms with Gasteiger partial charge in [0.05, 0.1) is 5.56 Å². The first kappa shape index (κ1) is 13.1. The van der Waals surface area contributed by atoms with Crippen LogP contribution in [0, 0.1) is 20.8 Å². The van der Waals surface area contributed by atoms with Crippen LogP contribution in [0.5, 0.6) is 11.6 Å². The SMILES string of the molecule is Cc1cc(C(=O)O)cnc1Oc1cccc(C)c1C. The second-order valence-electron chi connectivity index (χ2n) is 4.45. The summed E-state index contributed by atoms with van der Waals surface area (Å²) < 4.78 is 5.75. The minimum absolute atomic E-state index is 0.158. The Labute approximate surface area is 111 Å². The van der Waals surface area contributed by atoms with Gasteiger partial charge in [-0.25, -0.2) is 9.78 Å². The van der Waals surface area contributed by atoms with Crippen molar-refractivity contribution in [2.45, 2.75) is 20.8 Å². The summed E-state index contributed by atoms with van der Waals surface area (Å²) in [5, 5.41) is 8.89. The van der Waals surface area contributed by atoms with Crippen molar-refractivity contribution in [3.63, 3.8) is 0 Å². The van der Waals surface area contributed by atoms with Crippen molar-refractivity contribution >= 4 is 5.97 Å². The van der Waals surface area contributed by atoms with Gasteiger partial charge in [-0.1, -0.05) is 12.1 Å². The maximum atomic E-state index is 10.8. The largest absolute Gasteiger partial charge is 0.478 e. The fourth-order valence-electron chi connectivity index (χ4n) is 1.72. The average Bonchev–Trinajstić information content (AvgIpc) is 2.37. The van der Waals surface area contributed by atoms with Crippen LogP contribution in [0.15, 0.2) is 30.5 Å². The minimum Gasteiger partial charge on any atom is -0.478 e. The van der Waals surface area contributed by atoms with Crippen molar-refractivity contribution in [1.29, 1.82) is 0 Å². The lowest BCUT2D eigenvalue weighted by Gasteiger charge is -2.11. The number of hydrogen-bond donors (Lipinski definition) is 1. The van der Waals surface area contributed by atoms with Crippen molar-refractivity contribution in [3.8, 4) is 11.6 Å². The lowest BCUT2D eigenvalue weighted by molar-refractivity contribution is 0.0696. The van der Waals surface area contributed by atoms with E-state index in [0.717, 1.165) is 16.9 Å². The van der Waals surface area contributed by atoms with E-state index in [2.05, 4.69) is 4.98 Å². The van der Waals surface area contributed by atoms with E-state index in [9.17, 15) is 4.79 Å².